The number of hydrogen-bond donors (Lipinski definition) is 1. The van der Waals surface area contributed by atoms with Crippen LogP contribution in [0.2, 0.25) is 0 Å². The summed E-state index contributed by atoms with van der Waals surface area (Å²) >= 11 is 0. The van der Waals surface area contributed by atoms with Crippen LogP contribution in [0.3, 0.4) is 0 Å². The van der Waals surface area contributed by atoms with E-state index in [-0.39, 0.29) is 12.4 Å². The molecule has 2 aliphatic rings. The summed E-state index contributed by atoms with van der Waals surface area (Å²) in [5.41, 5.74) is 0. The molecule has 13 heavy (non-hydrogen) atoms. The molecule has 0 unspecified atom stereocenters. The lowest BCUT2D eigenvalue weighted by atomic mass is 10.2. The summed E-state index contributed by atoms with van der Waals surface area (Å²) in [5.74, 6) is 0.299. The molecule has 0 spiro atoms. The van der Waals surface area contributed by atoms with E-state index in [1.165, 1.54) is 25.7 Å². The van der Waals surface area contributed by atoms with Gasteiger partial charge in [-0.05, 0) is 12.8 Å². The van der Waals surface area contributed by atoms with Gasteiger partial charge in [0.2, 0.25) is 5.91 Å². The van der Waals surface area contributed by atoms with Crippen LogP contribution >= 0.6 is 12.4 Å². The molecule has 1 N–H and O–H groups in total. The largest absolute Gasteiger partial charge is 0.337 e. The Balaban J connectivity index is 0.000000845. The van der Waals surface area contributed by atoms with Gasteiger partial charge < -0.3 is 10.2 Å². The molecule has 1 saturated carbocycles. The van der Waals surface area contributed by atoms with Crippen LogP contribution < -0.4 is 5.32 Å². The van der Waals surface area contributed by atoms with Crippen LogP contribution in [-0.4, -0.2) is 36.5 Å². The molecule has 3 nitrogen and oxygen atoms in total. The van der Waals surface area contributed by atoms with E-state index in [1.54, 1.807) is 0 Å². The number of piperazine rings is 1. The lowest BCUT2D eigenvalue weighted by molar-refractivity contribution is -0.134. The Morgan fingerprint density at radius 2 is 2.00 bits per heavy atom. The maximum Gasteiger partial charge on any atom is 0.236 e. The molecule has 1 aliphatic carbocycles. The fourth-order valence-corrected chi connectivity index (χ4v) is 2.22. The Labute approximate surface area is 85.3 Å². The molecule has 0 radical (unpaired) electrons. The van der Waals surface area contributed by atoms with Gasteiger partial charge in [0.1, 0.15) is 0 Å². The van der Waals surface area contributed by atoms with Crippen molar-refractivity contribution < 1.29 is 4.79 Å². The van der Waals surface area contributed by atoms with Crippen molar-refractivity contribution in [1.82, 2.24) is 10.2 Å². The van der Waals surface area contributed by atoms with Gasteiger partial charge in [0.15, 0.2) is 0 Å². The number of halogens is 1. The first-order valence-corrected chi connectivity index (χ1v) is 4.88. The highest BCUT2D eigenvalue weighted by atomic mass is 35.5. The Morgan fingerprint density at radius 3 is 2.62 bits per heavy atom. The third kappa shape index (κ3) is 2.35. The molecule has 0 atom stereocenters. The Bertz CT molecular complexity index is 180. The number of nitrogens with one attached hydrogen (secondary N) is 1. The minimum Gasteiger partial charge on any atom is -0.337 e. The van der Waals surface area contributed by atoms with Gasteiger partial charge in [0.05, 0.1) is 6.54 Å². The number of carbonyl (C=O) groups is 1. The van der Waals surface area contributed by atoms with Crippen molar-refractivity contribution in [3.8, 4) is 0 Å². The summed E-state index contributed by atoms with van der Waals surface area (Å²) in [7, 11) is 0. The predicted molar refractivity (Wildman–Crippen MR) is 54.1 cm³/mol. The van der Waals surface area contributed by atoms with E-state index in [1.807, 2.05) is 0 Å². The lowest BCUT2D eigenvalue weighted by Gasteiger charge is -2.32. The van der Waals surface area contributed by atoms with Crippen LogP contribution in [0, 0.1) is 0 Å². The van der Waals surface area contributed by atoms with Crippen molar-refractivity contribution in [2.24, 2.45) is 0 Å². The quantitative estimate of drug-likeness (QED) is 0.685. The van der Waals surface area contributed by atoms with Crippen LogP contribution in [0.25, 0.3) is 0 Å². The molecule has 1 aliphatic heterocycles. The first kappa shape index (κ1) is 10.8. The van der Waals surface area contributed by atoms with Gasteiger partial charge in [-0.3, -0.25) is 4.79 Å². The molecule has 2 rings (SSSR count). The number of amides is 1. The number of carbonyl (C=O) groups excluding carboxylic acids is 1. The average Bonchev–Trinajstić information content (AvgIpc) is 2.57. The van der Waals surface area contributed by atoms with Crippen LogP contribution in [0.4, 0.5) is 0 Å². The summed E-state index contributed by atoms with van der Waals surface area (Å²) in [4.78, 5) is 13.5. The van der Waals surface area contributed by atoms with Crippen LogP contribution in [0.5, 0.6) is 0 Å². The van der Waals surface area contributed by atoms with Gasteiger partial charge in [0, 0.05) is 19.1 Å². The topological polar surface area (TPSA) is 32.3 Å². The fraction of sp³-hybridized carbons (Fsp3) is 0.889. The zero-order chi connectivity index (χ0) is 8.39. The summed E-state index contributed by atoms with van der Waals surface area (Å²) in [6, 6.07) is 0.569. The molecule has 0 aromatic rings. The second-order valence-electron chi connectivity index (χ2n) is 3.70. The predicted octanol–water partition coefficient (Wildman–Crippen LogP) is 0.783. The van der Waals surface area contributed by atoms with Crippen LogP contribution in [0.15, 0.2) is 0 Å². The van der Waals surface area contributed by atoms with Crippen molar-refractivity contribution in [2.45, 2.75) is 31.7 Å². The Hall–Kier alpha value is -0.280. The third-order valence-electron chi connectivity index (χ3n) is 2.89. The summed E-state index contributed by atoms with van der Waals surface area (Å²) < 4.78 is 0. The first-order valence-electron chi connectivity index (χ1n) is 4.88. The van der Waals surface area contributed by atoms with Crippen molar-refractivity contribution in [1.29, 1.82) is 0 Å². The second kappa shape index (κ2) is 4.82. The van der Waals surface area contributed by atoms with Gasteiger partial charge >= 0.3 is 0 Å². The highest BCUT2D eigenvalue weighted by Crippen LogP contribution is 2.23. The SMILES string of the molecule is Cl.O=C1CNCCN1C1CCCC1. The van der Waals surface area contributed by atoms with Crippen molar-refractivity contribution in [3.05, 3.63) is 0 Å². The molecular weight excluding hydrogens is 188 g/mol. The van der Waals surface area contributed by atoms with E-state index in [0.29, 0.717) is 18.5 Å². The molecule has 76 valence electrons. The van der Waals surface area contributed by atoms with Crippen LogP contribution in [-0.2, 0) is 4.79 Å². The molecule has 4 heteroatoms. The van der Waals surface area contributed by atoms with E-state index in [4.69, 9.17) is 0 Å². The zero-order valence-electron chi connectivity index (χ0n) is 7.79. The zero-order valence-corrected chi connectivity index (χ0v) is 8.61. The molecule has 1 saturated heterocycles. The monoisotopic (exact) mass is 204 g/mol. The fourth-order valence-electron chi connectivity index (χ4n) is 2.22. The maximum absolute atomic E-state index is 11.4. The standard InChI is InChI=1S/C9H16N2O.ClH/c12-9-7-10-5-6-11(9)8-3-1-2-4-8;/h8,10H,1-7H2;1H. The number of hydrogen-bond acceptors (Lipinski definition) is 2. The maximum atomic E-state index is 11.4. The van der Waals surface area contributed by atoms with E-state index >= 15 is 0 Å². The third-order valence-corrected chi connectivity index (χ3v) is 2.89. The van der Waals surface area contributed by atoms with E-state index in [9.17, 15) is 4.79 Å². The molecular formula is C9H17ClN2O. The highest BCUT2D eigenvalue weighted by Gasteiger charge is 2.27. The van der Waals surface area contributed by atoms with Crippen molar-refractivity contribution in [3.63, 3.8) is 0 Å². The molecule has 0 aromatic carbocycles. The van der Waals surface area contributed by atoms with Gasteiger partial charge in [0.25, 0.3) is 0 Å². The number of nitrogens with zero attached hydrogens (tertiary/aromatic N) is 1. The summed E-state index contributed by atoms with van der Waals surface area (Å²) in [6.45, 7) is 2.45. The first-order chi connectivity index (χ1) is 5.88. The van der Waals surface area contributed by atoms with E-state index < -0.39 is 0 Å². The molecule has 1 amide bonds. The second-order valence-corrected chi connectivity index (χ2v) is 3.70. The van der Waals surface area contributed by atoms with Gasteiger partial charge in [-0.15, -0.1) is 12.4 Å². The Morgan fingerprint density at radius 1 is 1.31 bits per heavy atom. The van der Waals surface area contributed by atoms with Gasteiger partial charge in [-0.25, -0.2) is 0 Å². The van der Waals surface area contributed by atoms with E-state index in [0.717, 1.165) is 13.1 Å². The molecule has 0 aromatic heterocycles. The lowest BCUT2D eigenvalue weighted by Crippen LogP contribution is -2.51. The summed E-state index contributed by atoms with van der Waals surface area (Å²) in [5, 5.41) is 3.10. The van der Waals surface area contributed by atoms with Crippen molar-refractivity contribution >= 4 is 18.3 Å². The van der Waals surface area contributed by atoms with Crippen molar-refractivity contribution in [2.75, 3.05) is 19.6 Å². The Kier molecular flexibility index (Phi) is 4.00. The number of rotatable bonds is 1. The normalized spacial score (nSPS) is 24.6. The molecule has 2 fully saturated rings. The molecule has 1 heterocycles. The van der Waals surface area contributed by atoms with E-state index in [2.05, 4.69) is 10.2 Å². The van der Waals surface area contributed by atoms with Gasteiger partial charge in [-0.1, -0.05) is 12.8 Å². The summed E-state index contributed by atoms with van der Waals surface area (Å²) in [6.07, 6.45) is 5.07. The van der Waals surface area contributed by atoms with Crippen LogP contribution in [0.1, 0.15) is 25.7 Å². The minimum absolute atomic E-state index is 0. The highest BCUT2D eigenvalue weighted by molar-refractivity contribution is 5.85. The minimum atomic E-state index is 0. The smallest absolute Gasteiger partial charge is 0.236 e. The molecule has 0 bridgehead atoms. The average molecular weight is 205 g/mol. The van der Waals surface area contributed by atoms with Gasteiger partial charge in [-0.2, -0.15) is 0 Å².